The lowest BCUT2D eigenvalue weighted by Gasteiger charge is -2.49. The summed E-state index contributed by atoms with van der Waals surface area (Å²) in [5, 5.41) is 0. The summed E-state index contributed by atoms with van der Waals surface area (Å²) < 4.78 is 1.90. The minimum absolute atomic E-state index is 0.0634. The molecule has 188 valence electrons. The first kappa shape index (κ1) is 24.1. The van der Waals surface area contributed by atoms with E-state index in [1.165, 1.54) is 12.8 Å². The third kappa shape index (κ3) is 4.90. The number of carbonyl (C=O) groups is 1. The van der Waals surface area contributed by atoms with E-state index in [1.54, 1.807) is 6.07 Å². The summed E-state index contributed by atoms with van der Waals surface area (Å²) in [6, 6.07) is 14.6. The Bertz CT molecular complexity index is 1080. The molecule has 1 aliphatic carbocycles. The van der Waals surface area contributed by atoms with Crippen molar-refractivity contribution in [3.05, 3.63) is 59.0 Å². The molecule has 2 saturated heterocycles. The molecule has 6 heteroatoms. The summed E-state index contributed by atoms with van der Waals surface area (Å²) in [5.41, 5.74) is 8.43. The van der Waals surface area contributed by atoms with Crippen molar-refractivity contribution in [2.45, 2.75) is 76.9 Å². The molecule has 2 amide bonds. The first-order valence-electron chi connectivity index (χ1n) is 13.6. The van der Waals surface area contributed by atoms with Crippen LogP contribution in [0.5, 0.6) is 0 Å². The second-order valence-electron chi connectivity index (χ2n) is 11.1. The van der Waals surface area contributed by atoms with Crippen molar-refractivity contribution in [1.29, 1.82) is 0 Å². The van der Waals surface area contributed by atoms with Gasteiger partial charge in [0.25, 0.3) is 5.56 Å². The number of piperidine rings is 2. The van der Waals surface area contributed by atoms with E-state index < -0.39 is 0 Å². The number of nitrogens with two attached hydrogens (primary N) is 1. The maximum atomic E-state index is 13.6. The van der Waals surface area contributed by atoms with Gasteiger partial charge in [-0.3, -0.25) is 4.79 Å². The maximum Gasteiger partial charge on any atom is 0.320 e. The van der Waals surface area contributed by atoms with E-state index in [-0.39, 0.29) is 29.1 Å². The van der Waals surface area contributed by atoms with Gasteiger partial charge in [-0.05, 0) is 67.1 Å². The lowest BCUT2D eigenvalue weighted by atomic mass is 9.69. The van der Waals surface area contributed by atoms with Crippen molar-refractivity contribution in [1.82, 2.24) is 14.4 Å². The van der Waals surface area contributed by atoms with Gasteiger partial charge in [-0.1, -0.05) is 50.1 Å². The van der Waals surface area contributed by atoms with Crippen LogP contribution in [0.3, 0.4) is 0 Å². The summed E-state index contributed by atoms with van der Waals surface area (Å²) in [6.07, 6.45) is 10.4. The fourth-order valence-electron chi connectivity index (χ4n) is 6.91. The Balaban J connectivity index is 1.31. The van der Waals surface area contributed by atoms with Gasteiger partial charge in [-0.2, -0.15) is 0 Å². The Kier molecular flexibility index (Phi) is 7.01. The summed E-state index contributed by atoms with van der Waals surface area (Å²) in [5.74, 6) is 0.422. The predicted molar refractivity (Wildman–Crippen MR) is 140 cm³/mol. The van der Waals surface area contributed by atoms with Crippen LogP contribution < -0.4 is 11.3 Å². The average Bonchev–Trinajstić information content (AvgIpc) is 3.35. The van der Waals surface area contributed by atoms with Crippen molar-refractivity contribution in [3.63, 3.8) is 0 Å². The van der Waals surface area contributed by atoms with E-state index in [1.807, 2.05) is 41.1 Å². The van der Waals surface area contributed by atoms with E-state index in [9.17, 15) is 9.59 Å². The van der Waals surface area contributed by atoms with Gasteiger partial charge >= 0.3 is 6.03 Å². The number of rotatable bonds is 4. The number of benzene rings is 1. The largest absolute Gasteiger partial charge is 0.328 e. The van der Waals surface area contributed by atoms with Crippen molar-refractivity contribution >= 4 is 6.03 Å². The molecule has 2 aromatic rings. The number of pyridine rings is 1. The number of amides is 2. The molecule has 2 aliphatic heterocycles. The van der Waals surface area contributed by atoms with Gasteiger partial charge in [0.15, 0.2) is 0 Å². The molecule has 3 fully saturated rings. The average molecular weight is 477 g/mol. The van der Waals surface area contributed by atoms with Crippen LogP contribution in [0.15, 0.2) is 53.5 Å². The van der Waals surface area contributed by atoms with Gasteiger partial charge < -0.3 is 20.1 Å². The standard InChI is InChI=1S/C29H40N4O2/c1-2-26-19-25(30)12-17-33(26)28(35)32-16-11-24(29(21-32)13-6-7-14-29)20-31-15-10-23(18-27(31)34)22-8-4-3-5-9-22/h3-5,8-10,15,18,24-26H,2,6-7,11-14,16-17,19-21,30H2,1H3/t24-,25+,26?/m0/s1. The number of carbonyl (C=O) groups excluding carboxylic acids is 1. The predicted octanol–water partition coefficient (Wildman–Crippen LogP) is 4.72. The fourth-order valence-corrected chi connectivity index (χ4v) is 6.91. The third-order valence-corrected chi connectivity index (χ3v) is 8.98. The molecule has 1 saturated carbocycles. The first-order valence-corrected chi connectivity index (χ1v) is 13.6. The molecule has 1 spiro atoms. The topological polar surface area (TPSA) is 71.6 Å². The van der Waals surface area contributed by atoms with Crippen LogP contribution in [0.2, 0.25) is 0 Å². The Morgan fingerprint density at radius 1 is 1.06 bits per heavy atom. The first-order chi connectivity index (χ1) is 17.0. The third-order valence-electron chi connectivity index (χ3n) is 8.98. The van der Waals surface area contributed by atoms with Crippen LogP contribution in [0.4, 0.5) is 4.79 Å². The SMILES string of the molecule is CCC1C[C@H](N)CCN1C(=O)N1CC[C@@H](Cn2ccc(-c3ccccc3)cc2=O)C2(CCCC2)C1. The molecule has 1 aromatic carbocycles. The zero-order chi connectivity index (χ0) is 24.4. The lowest BCUT2D eigenvalue weighted by molar-refractivity contribution is 0.0214. The highest BCUT2D eigenvalue weighted by molar-refractivity contribution is 5.75. The van der Waals surface area contributed by atoms with Gasteiger partial charge in [0.05, 0.1) is 0 Å². The number of aromatic nitrogens is 1. The Morgan fingerprint density at radius 2 is 1.83 bits per heavy atom. The number of hydrogen-bond donors (Lipinski definition) is 1. The molecule has 6 nitrogen and oxygen atoms in total. The van der Waals surface area contributed by atoms with Gasteiger partial charge in [0, 0.05) is 50.5 Å². The number of hydrogen-bond acceptors (Lipinski definition) is 3. The molecule has 3 heterocycles. The molecule has 1 aromatic heterocycles. The Morgan fingerprint density at radius 3 is 2.54 bits per heavy atom. The van der Waals surface area contributed by atoms with Crippen molar-refractivity contribution in [2.75, 3.05) is 19.6 Å². The molecule has 0 radical (unpaired) electrons. The molecule has 1 unspecified atom stereocenters. The summed E-state index contributed by atoms with van der Waals surface area (Å²) in [4.78, 5) is 30.9. The lowest BCUT2D eigenvalue weighted by Crippen LogP contribution is -2.58. The van der Waals surface area contributed by atoms with E-state index in [0.717, 1.165) is 75.8 Å². The number of likely N-dealkylation sites (tertiary alicyclic amines) is 2. The minimum atomic E-state index is 0.0634. The van der Waals surface area contributed by atoms with E-state index >= 15 is 0 Å². The monoisotopic (exact) mass is 476 g/mol. The fraction of sp³-hybridized carbons (Fsp3) is 0.586. The molecule has 3 atom stereocenters. The normalized spacial score (nSPS) is 26.3. The molecule has 3 aliphatic rings. The number of urea groups is 1. The Hall–Kier alpha value is -2.60. The highest BCUT2D eigenvalue weighted by Gasteiger charge is 2.47. The van der Waals surface area contributed by atoms with Crippen molar-refractivity contribution in [3.8, 4) is 11.1 Å². The number of nitrogens with zero attached hydrogens (tertiary/aromatic N) is 3. The van der Waals surface area contributed by atoms with E-state index in [4.69, 9.17) is 5.73 Å². The quantitative estimate of drug-likeness (QED) is 0.694. The van der Waals surface area contributed by atoms with Gasteiger partial charge in [-0.15, -0.1) is 0 Å². The highest BCUT2D eigenvalue weighted by Crippen LogP contribution is 2.49. The molecule has 35 heavy (non-hydrogen) atoms. The van der Waals surface area contributed by atoms with Gasteiger partial charge in [0.1, 0.15) is 0 Å². The zero-order valence-electron chi connectivity index (χ0n) is 21.1. The van der Waals surface area contributed by atoms with E-state index in [0.29, 0.717) is 5.92 Å². The minimum Gasteiger partial charge on any atom is -0.328 e. The Labute approximate surface area is 209 Å². The molecular formula is C29H40N4O2. The van der Waals surface area contributed by atoms with E-state index in [2.05, 4.69) is 22.8 Å². The second-order valence-corrected chi connectivity index (χ2v) is 11.1. The zero-order valence-corrected chi connectivity index (χ0v) is 21.1. The summed E-state index contributed by atoms with van der Waals surface area (Å²) in [7, 11) is 0. The molecule has 2 N–H and O–H groups in total. The van der Waals surface area contributed by atoms with Crippen LogP contribution in [-0.4, -0.2) is 52.1 Å². The van der Waals surface area contributed by atoms with Crippen LogP contribution in [0, 0.1) is 11.3 Å². The molecule has 5 rings (SSSR count). The van der Waals surface area contributed by atoms with Crippen LogP contribution in [-0.2, 0) is 6.54 Å². The van der Waals surface area contributed by atoms with Crippen molar-refractivity contribution < 1.29 is 4.79 Å². The molecular weight excluding hydrogens is 436 g/mol. The van der Waals surface area contributed by atoms with Crippen LogP contribution in [0.25, 0.3) is 11.1 Å². The summed E-state index contributed by atoms with van der Waals surface area (Å²) >= 11 is 0. The van der Waals surface area contributed by atoms with Gasteiger partial charge in [0.2, 0.25) is 0 Å². The van der Waals surface area contributed by atoms with Crippen LogP contribution in [0.1, 0.15) is 58.3 Å². The second kappa shape index (κ2) is 10.2. The van der Waals surface area contributed by atoms with Crippen molar-refractivity contribution in [2.24, 2.45) is 17.1 Å². The van der Waals surface area contributed by atoms with Crippen LogP contribution >= 0.6 is 0 Å². The highest BCUT2D eigenvalue weighted by atomic mass is 16.2. The smallest absolute Gasteiger partial charge is 0.320 e. The molecule has 0 bridgehead atoms. The maximum absolute atomic E-state index is 13.6. The summed E-state index contributed by atoms with van der Waals surface area (Å²) in [6.45, 7) is 5.28. The van der Waals surface area contributed by atoms with Gasteiger partial charge in [-0.25, -0.2) is 4.79 Å².